The van der Waals surface area contributed by atoms with Crippen LogP contribution < -0.4 is 32.3 Å². The van der Waals surface area contributed by atoms with Crippen LogP contribution >= 0.6 is 11.3 Å². The van der Waals surface area contributed by atoms with Gasteiger partial charge >= 0.3 is 6.18 Å². The van der Waals surface area contributed by atoms with Gasteiger partial charge in [0, 0.05) is 56.6 Å². The monoisotopic (exact) mass is 1140 g/mol. The lowest BCUT2D eigenvalue weighted by Gasteiger charge is -2.35. The van der Waals surface area contributed by atoms with Gasteiger partial charge in [0.2, 0.25) is 17.7 Å². The van der Waals surface area contributed by atoms with Crippen molar-refractivity contribution in [1.29, 1.82) is 0 Å². The Morgan fingerprint density at radius 1 is 0.864 bits per heavy atom. The highest BCUT2D eigenvalue weighted by atomic mass is 32.1. The summed E-state index contributed by atoms with van der Waals surface area (Å²) in [6.45, 7) is 10.2. The third-order valence-electron chi connectivity index (χ3n) is 13.1. The molecule has 81 heavy (non-hydrogen) atoms. The number of ether oxygens (including phenoxy) is 2. The Labute approximate surface area is 471 Å². The predicted octanol–water partition coefficient (Wildman–Crippen LogP) is 7.07. The van der Waals surface area contributed by atoms with Gasteiger partial charge in [-0.3, -0.25) is 24.0 Å². The molecule has 0 saturated carbocycles. The number of carbonyl (C=O) groups is 5. The largest absolute Gasteiger partial charge is 0.444 e. The second-order valence-electron chi connectivity index (χ2n) is 20.6. The Morgan fingerprint density at radius 2 is 1.57 bits per heavy atom. The minimum atomic E-state index is -4.46. The zero-order valence-corrected chi connectivity index (χ0v) is 46.5. The maximum absolute atomic E-state index is 14.0. The molecule has 1 aliphatic rings. The number of nitrogens with zero attached hydrogens (tertiary/aromatic N) is 6. The number of aliphatic hydroxyl groups is 1. The number of thiazole rings is 1. The number of aryl methyl sites for hydroxylation is 1. The van der Waals surface area contributed by atoms with Crippen LogP contribution in [-0.2, 0) is 25.6 Å². The lowest BCUT2D eigenvalue weighted by Crippen LogP contribution is -2.56. The van der Waals surface area contributed by atoms with E-state index in [0.717, 1.165) is 66.5 Å². The van der Waals surface area contributed by atoms with E-state index in [0.29, 0.717) is 57.3 Å². The number of amides is 5. The Morgan fingerprint density at radius 3 is 2.22 bits per heavy atom. The van der Waals surface area contributed by atoms with Crippen LogP contribution in [0, 0.1) is 12.3 Å². The lowest BCUT2D eigenvalue weighted by molar-refractivity contribution is -0.142. The number of benzene rings is 2. The number of carbonyl (C=O) groups excluding carboxylic acids is 5. The lowest BCUT2D eigenvalue weighted by atomic mass is 9.85. The highest BCUT2D eigenvalue weighted by Crippen LogP contribution is 2.29. The molecule has 8 N–H and O–H groups in total. The van der Waals surface area contributed by atoms with Gasteiger partial charge < -0.3 is 56.2 Å². The third-order valence-corrected chi connectivity index (χ3v) is 14.1. The second kappa shape index (κ2) is 28.7. The fourth-order valence-electron chi connectivity index (χ4n) is 8.87. The van der Waals surface area contributed by atoms with E-state index >= 15 is 0 Å². The smallest absolute Gasteiger partial charge is 0.405 e. The fraction of sp³-hybridized carbons (Fsp3) is 0.446. The van der Waals surface area contributed by atoms with E-state index in [1.54, 1.807) is 35.6 Å². The molecule has 21 nitrogen and oxygen atoms in total. The molecule has 6 aromatic rings. The summed E-state index contributed by atoms with van der Waals surface area (Å²) >= 11 is 1.58. The molecule has 434 valence electrons. The molecule has 25 heteroatoms. The number of oxazole rings is 1. The average Bonchev–Trinajstić information content (AvgIpc) is 4.30. The molecule has 1 saturated heterocycles. The molecule has 5 amide bonds. The summed E-state index contributed by atoms with van der Waals surface area (Å²) in [6, 6.07) is 15.8. The summed E-state index contributed by atoms with van der Waals surface area (Å²) in [5.41, 5.74) is 10.5. The van der Waals surface area contributed by atoms with Gasteiger partial charge in [-0.15, -0.1) is 11.3 Å². The number of rotatable bonds is 29. The SMILES string of the molecule is Cc1ncsc1-c1ccc(CNC(=O)[C@@H]2C[C@@H](O)CN2C(=O)C(NCCCCCOCCOCCCCCNC(=O)c2ccc(-n3cc(NC(=O)c4coc(-c5ccnc(NCC(F)(F)F)c5)n4)c(C(N)=O)n3)cc2)C(C)(C)C)cc1. The van der Waals surface area contributed by atoms with Gasteiger partial charge in [-0.05, 0) is 105 Å². The van der Waals surface area contributed by atoms with Crippen LogP contribution in [0.1, 0.15) is 108 Å². The fourth-order valence-corrected chi connectivity index (χ4v) is 9.68. The number of anilines is 2. The summed E-state index contributed by atoms with van der Waals surface area (Å²) in [6.07, 6.45) is 3.57. The van der Waals surface area contributed by atoms with Crippen molar-refractivity contribution in [3.05, 3.63) is 113 Å². The number of hydrogen-bond donors (Lipinski definition) is 7. The molecule has 1 fully saturated rings. The molecular formula is C56H69F3N12O9S. The minimum Gasteiger partial charge on any atom is -0.444 e. The van der Waals surface area contributed by atoms with Crippen LogP contribution in [-0.4, -0.2) is 141 Å². The van der Waals surface area contributed by atoms with Gasteiger partial charge in [-0.1, -0.05) is 45.0 Å². The number of alkyl halides is 3. The molecule has 2 aromatic carbocycles. The zero-order chi connectivity index (χ0) is 58.1. The van der Waals surface area contributed by atoms with Crippen LogP contribution in [0.3, 0.4) is 0 Å². The molecule has 0 spiro atoms. The van der Waals surface area contributed by atoms with Crippen molar-refractivity contribution in [2.24, 2.45) is 11.1 Å². The topological polar surface area (TPSA) is 283 Å². The van der Waals surface area contributed by atoms with Gasteiger partial charge in [0.15, 0.2) is 11.4 Å². The van der Waals surface area contributed by atoms with Gasteiger partial charge in [0.05, 0.1) is 59.0 Å². The second-order valence-corrected chi connectivity index (χ2v) is 21.4. The first-order chi connectivity index (χ1) is 38.7. The van der Waals surface area contributed by atoms with E-state index in [2.05, 4.69) is 46.6 Å². The molecule has 0 bridgehead atoms. The molecule has 5 heterocycles. The van der Waals surface area contributed by atoms with E-state index in [-0.39, 0.29) is 65.0 Å². The first kappa shape index (κ1) is 61.0. The summed E-state index contributed by atoms with van der Waals surface area (Å²) in [4.78, 5) is 80.6. The third kappa shape index (κ3) is 18.0. The van der Waals surface area contributed by atoms with E-state index in [9.17, 15) is 42.3 Å². The summed E-state index contributed by atoms with van der Waals surface area (Å²) < 4.78 is 56.2. The number of hydrogen-bond acceptors (Lipinski definition) is 16. The molecule has 0 aliphatic carbocycles. The van der Waals surface area contributed by atoms with Crippen LogP contribution in [0.4, 0.5) is 24.7 Å². The van der Waals surface area contributed by atoms with Crippen LogP contribution in [0.2, 0.25) is 0 Å². The normalized spacial score (nSPS) is 14.9. The van der Waals surface area contributed by atoms with Crippen molar-refractivity contribution in [3.8, 4) is 27.6 Å². The Kier molecular flexibility index (Phi) is 21.6. The quantitative estimate of drug-likeness (QED) is 0.0231. The van der Waals surface area contributed by atoms with E-state index < -0.39 is 48.1 Å². The van der Waals surface area contributed by atoms with E-state index in [1.807, 2.05) is 57.5 Å². The van der Waals surface area contributed by atoms with E-state index in [1.165, 1.54) is 34.1 Å². The Bertz CT molecular complexity index is 3050. The number of nitrogens with two attached hydrogens (primary N) is 1. The molecule has 0 radical (unpaired) electrons. The number of β-amino-alcohol motifs (C(OH)–C–C–N with tert-alkyl or cyclic N) is 1. The molecule has 4 aromatic heterocycles. The number of nitrogens with one attached hydrogen (secondary N) is 5. The Balaban J connectivity index is 0.724. The van der Waals surface area contributed by atoms with Crippen molar-refractivity contribution in [2.45, 2.75) is 104 Å². The number of likely N-dealkylation sites (tertiary alicyclic amines) is 1. The molecule has 3 atom stereocenters. The summed E-state index contributed by atoms with van der Waals surface area (Å²) in [5.74, 6) is -2.61. The highest BCUT2D eigenvalue weighted by molar-refractivity contribution is 7.13. The molecular weight excluding hydrogens is 1070 g/mol. The van der Waals surface area contributed by atoms with E-state index in [4.69, 9.17) is 19.6 Å². The number of aliphatic hydroxyl groups excluding tert-OH is 1. The number of halogens is 3. The predicted molar refractivity (Wildman–Crippen MR) is 297 cm³/mol. The number of primary amides is 1. The minimum absolute atomic E-state index is 0.0330. The first-order valence-corrected chi connectivity index (χ1v) is 27.6. The van der Waals surface area contributed by atoms with Crippen LogP contribution in [0.5, 0.6) is 0 Å². The summed E-state index contributed by atoms with van der Waals surface area (Å²) in [5, 5.41) is 28.8. The average molecular weight is 1140 g/mol. The molecule has 1 unspecified atom stereocenters. The van der Waals surface area contributed by atoms with Crippen molar-refractivity contribution in [2.75, 3.05) is 63.2 Å². The molecule has 1 aliphatic heterocycles. The van der Waals surface area contributed by atoms with Gasteiger partial charge in [0.25, 0.3) is 17.7 Å². The van der Waals surface area contributed by atoms with Gasteiger partial charge in [-0.2, -0.15) is 18.3 Å². The van der Waals surface area contributed by atoms with Crippen LogP contribution in [0.25, 0.3) is 27.6 Å². The maximum Gasteiger partial charge on any atom is 0.405 e. The van der Waals surface area contributed by atoms with Crippen molar-refractivity contribution in [3.63, 3.8) is 0 Å². The standard InChI is InChI=1S/C56H69F3N12O9S/c1-35-47(81-34-66-35)37-13-11-36(12-14-37)29-64-52(76)44-28-41(72)30-70(44)54(77)48(55(2,3)4)62-20-7-5-9-23-78-25-26-79-24-10-6-8-21-63-50(74)38-15-17-40(18-16-38)71-31-42(46(69-71)49(60)73)67-51(75)43-32-80-53(68-43)39-19-22-61-45(27-39)65-33-56(57,58)59/h11-19,22,27,31-32,34,41,44,48,62,72H,5-10,20-21,23-26,28-30,33H2,1-4H3,(H2,60,73)(H,61,65)(H,63,74)(H,64,76)(H,67,75)/t41-,44+,48?/m1/s1. The highest BCUT2D eigenvalue weighted by Gasteiger charge is 2.44. The zero-order valence-electron chi connectivity index (χ0n) is 45.6. The van der Waals surface area contributed by atoms with Crippen molar-refractivity contribution in [1.82, 2.24) is 45.6 Å². The van der Waals surface area contributed by atoms with Gasteiger partial charge in [-0.25, -0.2) is 19.6 Å². The van der Waals surface area contributed by atoms with Gasteiger partial charge in [0.1, 0.15) is 24.7 Å². The van der Waals surface area contributed by atoms with Crippen molar-refractivity contribution >= 4 is 52.4 Å². The maximum atomic E-state index is 14.0. The number of aromatic nitrogens is 5. The molecule has 7 rings (SSSR count). The van der Waals surface area contributed by atoms with Crippen LogP contribution in [0.15, 0.2) is 89.2 Å². The number of unbranched alkanes of at least 4 members (excludes halogenated alkanes) is 4. The van der Waals surface area contributed by atoms with Crippen molar-refractivity contribution < 1.29 is 56.1 Å². The number of pyridine rings is 1. The Hall–Kier alpha value is -7.58. The summed E-state index contributed by atoms with van der Waals surface area (Å²) in [7, 11) is 0. The first-order valence-electron chi connectivity index (χ1n) is 26.7.